The molecule has 1 amide bonds. The largest absolute Gasteiger partial charge is 0.481 e. The van der Waals surface area contributed by atoms with Crippen molar-refractivity contribution in [2.24, 2.45) is 17.3 Å². The predicted molar refractivity (Wildman–Crippen MR) is 78.4 cm³/mol. The predicted octanol–water partition coefficient (Wildman–Crippen LogP) is 1.58. The Hall–Kier alpha value is -1.10. The molecule has 5 nitrogen and oxygen atoms in total. The number of carboxylic acids is 1. The topological polar surface area (TPSA) is 69.6 Å². The number of hydrogen-bond acceptors (Lipinski definition) is 3. The van der Waals surface area contributed by atoms with E-state index in [1.54, 1.807) is 0 Å². The van der Waals surface area contributed by atoms with Crippen LogP contribution in [0.5, 0.6) is 0 Å². The first kappa shape index (κ1) is 17.0. The molecule has 1 rings (SSSR count). The molecule has 0 saturated carbocycles. The third-order valence-electron chi connectivity index (χ3n) is 4.47. The summed E-state index contributed by atoms with van der Waals surface area (Å²) in [6.45, 7) is 11.6. The summed E-state index contributed by atoms with van der Waals surface area (Å²) in [5.41, 5.74) is -0.716. The Morgan fingerprint density at radius 2 is 1.85 bits per heavy atom. The molecule has 0 spiro atoms. The van der Waals surface area contributed by atoms with E-state index in [-0.39, 0.29) is 17.9 Å². The Morgan fingerprint density at radius 3 is 2.25 bits per heavy atom. The summed E-state index contributed by atoms with van der Waals surface area (Å²) in [6, 6.07) is -0.270. The maximum absolute atomic E-state index is 12.1. The molecule has 0 aromatic carbocycles. The summed E-state index contributed by atoms with van der Waals surface area (Å²) in [6.07, 6.45) is 0.613. The monoisotopic (exact) mass is 284 g/mol. The Balaban J connectivity index is 2.66. The van der Waals surface area contributed by atoms with Gasteiger partial charge in [-0.3, -0.25) is 14.5 Å². The molecule has 1 fully saturated rings. The van der Waals surface area contributed by atoms with Gasteiger partial charge in [-0.15, -0.1) is 0 Å². The van der Waals surface area contributed by atoms with Crippen LogP contribution in [0.25, 0.3) is 0 Å². The van der Waals surface area contributed by atoms with Crippen molar-refractivity contribution in [2.45, 2.75) is 47.1 Å². The third-order valence-corrected chi connectivity index (χ3v) is 4.47. The number of carboxylic acid groups (broad SMARTS) is 1. The van der Waals surface area contributed by atoms with E-state index in [9.17, 15) is 14.7 Å². The molecule has 0 radical (unpaired) electrons. The molecular formula is C15H28N2O3. The van der Waals surface area contributed by atoms with Gasteiger partial charge in [0, 0.05) is 19.6 Å². The second-order valence-electron chi connectivity index (χ2n) is 6.65. The van der Waals surface area contributed by atoms with Gasteiger partial charge in [0.15, 0.2) is 0 Å². The Morgan fingerprint density at radius 1 is 1.25 bits per heavy atom. The number of hydrogen-bond donors (Lipinski definition) is 2. The van der Waals surface area contributed by atoms with Crippen molar-refractivity contribution >= 4 is 11.9 Å². The minimum Gasteiger partial charge on any atom is -0.481 e. The fraction of sp³-hybridized carbons (Fsp3) is 0.867. The van der Waals surface area contributed by atoms with Crippen LogP contribution in [0.1, 0.15) is 41.0 Å². The minimum absolute atomic E-state index is 0.0105. The van der Waals surface area contributed by atoms with Crippen LogP contribution in [0.15, 0.2) is 0 Å². The third kappa shape index (κ3) is 3.51. The van der Waals surface area contributed by atoms with E-state index in [1.807, 2.05) is 25.7 Å². The van der Waals surface area contributed by atoms with Crippen LogP contribution in [-0.2, 0) is 9.59 Å². The van der Waals surface area contributed by atoms with E-state index < -0.39 is 11.4 Å². The van der Waals surface area contributed by atoms with Crippen LogP contribution in [0.2, 0.25) is 0 Å². The molecule has 1 heterocycles. The summed E-state index contributed by atoms with van der Waals surface area (Å²) in [4.78, 5) is 25.7. The number of carbonyl (C=O) groups is 2. The molecular weight excluding hydrogens is 256 g/mol. The number of amides is 1. The van der Waals surface area contributed by atoms with Crippen molar-refractivity contribution < 1.29 is 14.7 Å². The van der Waals surface area contributed by atoms with Crippen molar-refractivity contribution in [3.05, 3.63) is 0 Å². The quantitative estimate of drug-likeness (QED) is 0.777. The highest BCUT2D eigenvalue weighted by Gasteiger charge is 2.48. The zero-order valence-electron chi connectivity index (χ0n) is 13.3. The lowest BCUT2D eigenvalue weighted by atomic mass is 9.76. The smallest absolute Gasteiger partial charge is 0.311 e. The average Bonchev–Trinajstić information content (AvgIpc) is 2.81. The molecule has 1 aliphatic rings. The van der Waals surface area contributed by atoms with E-state index in [2.05, 4.69) is 19.2 Å². The number of rotatable bonds is 6. The molecule has 1 aliphatic heterocycles. The van der Waals surface area contributed by atoms with Gasteiger partial charge in [-0.1, -0.05) is 27.7 Å². The van der Waals surface area contributed by atoms with Gasteiger partial charge in [0.1, 0.15) is 0 Å². The number of nitrogens with one attached hydrogen (secondary N) is 1. The van der Waals surface area contributed by atoms with Gasteiger partial charge in [-0.05, 0) is 25.2 Å². The Kier molecular flexibility index (Phi) is 5.57. The highest BCUT2D eigenvalue weighted by molar-refractivity contribution is 5.82. The van der Waals surface area contributed by atoms with Gasteiger partial charge in [-0.2, -0.15) is 0 Å². The lowest BCUT2D eigenvalue weighted by Crippen LogP contribution is -2.47. The summed E-state index contributed by atoms with van der Waals surface area (Å²) >= 11 is 0. The molecule has 1 saturated heterocycles. The normalized spacial score (nSPS) is 25.1. The zero-order chi connectivity index (χ0) is 15.5. The van der Waals surface area contributed by atoms with Gasteiger partial charge in [0.2, 0.25) is 5.91 Å². The molecule has 2 atom stereocenters. The standard InChI is InChI=1S/C15H28N2O3/c1-10(2)8-16-13(18)12(5)17-7-6-15(9-17,11(3)4)14(19)20/h10-12H,6-9H2,1-5H3,(H,16,18)(H,19,20). The van der Waals surface area contributed by atoms with Crippen LogP contribution in [0, 0.1) is 17.3 Å². The Labute approximate surface area is 121 Å². The first-order valence-corrected chi connectivity index (χ1v) is 7.46. The molecule has 5 heteroatoms. The van der Waals surface area contributed by atoms with Crippen molar-refractivity contribution in [2.75, 3.05) is 19.6 Å². The molecule has 0 bridgehead atoms. The van der Waals surface area contributed by atoms with Crippen LogP contribution in [-0.4, -0.2) is 47.6 Å². The first-order chi connectivity index (χ1) is 9.20. The van der Waals surface area contributed by atoms with Crippen LogP contribution in [0.4, 0.5) is 0 Å². The highest BCUT2D eigenvalue weighted by Crippen LogP contribution is 2.38. The van der Waals surface area contributed by atoms with E-state index in [0.717, 1.165) is 0 Å². The van der Waals surface area contributed by atoms with Gasteiger partial charge in [0.05, 0.1) is 11.5 Å². The lowest BCUT2D eigenvalue weighted by Gasteiger charge is -2.30. The molecule has 0 aromatic heterocycles. The fourth-order valence-corrected chi connectivity index (χ4v) is 2.71. The molecule has 0 aliphatic carbocycles. The van der Waals surface area contributed by atoms with E-state index in [4.69, 9.17) is 0 Å². The number of likely N-dealkylation sites (tertiary alicyclic amines) is 1. The molecule has 2 N–H and O–H groups in total. The maximum atomic E-state index is 12.1. The van der Waals surface area contributed by atoms with Crippen molar-refractivity contribution in [1.29, 1.82) is 0 Å². The summed E-state index contributed by atoms with van der Waals surface area (Å²) in [7, 11) is 0. The average molecular weight is 284 g/mol. The summed E-state index contributed by atoms with van der Waals surface area (Å²) in [5, 5.41) is 12.4. The minimum atomic E-state index is -0.746. The van der Waals surface area contributed by atoms with Crippen molar-refractivity contribution in [3.8, 4) is 0 Å². The van der Waals surface area contributed by atoms with Gasteiger partial charge in [0.25, 0.3) is 0 Å². The molecule has 20 heavy (non-hydrogen) atoms. The second-order valence-corrected chi connectivity index (χ2v) is 6.65. The van der Waals surface area contributed by atoms with E-state index in [0.29, 0.717) is 32.0 Å². The Bertz CT molecular complexity index is 368. The molecule has 2 unspecified atom stereocenters. The van der Waals surface area contributed by atoms with E-state index >= 15 is 0 Å². The van der Waals surface area contributed by atoms with Crippen LogP contribution < -0.4 is 5.32 Å². The lowest BCUT2D eigenvalue weighted by molar-refractivity contribution is -0.151. The highest BCUT2D eigenvalue weighted by atomic mass is 16.4. The zero-order valence-corrected chi connectivity index (χ0v) is 13.3. The van der Waals surface area contributed by atoms with Crippen LogP contribution >= 0.6 is 0 Å². The summed E-state index contributed by atoms with van der Waals surface area (Å²) in [5.74, 6) is -0.275. The van der Waals surface area contributed by atoms with Crippen LogP contribution in [0.3, 0.4) is 0 Å². The number of nitrogens with zero attached hydrogens (tertiary/aromatic N) is 1. The van der Waals surface area contributed by atoms with Crippen molar-refractivity contribution in [3.63, 3.8) is 0 Å². The fourth-order valence-electron chi connectivity index (χ4n) is 2.71. The number of aliphatic carboxylic acids is 1. The van der Waals surface area contributed by atoms with Crippen molar-refractivity contribution in [1.82, 2.24) is 10.2 Å². The van der Waals surface area contributed by atoms with Gasteiger partial charge < -0.3 is 10.4 Å². The van der Waals surface area contributed by atoms with Gasteiger partial charge in [-0.25, -0.2) is 0 Å². The number of carbonyl (C=O) groups excluding carboxylic acids is 1. The SMILES string of the molecule is CC(C)CNC(=O)C(C)N1CCC(C(=O)O)(C(C)C)C1. The van der Waals surface area contributed by atoms with Gasteiger partial charge >= 0.3 is 5.97 Å². The second kappa shape index (κ2) is 6.57. The molecule has 116 valence electrons. The molecule has 0 aromatic rings. The maximum Gasteiger partial charge on any atom is 0.311 e. The van der Waals surface area contributed by atoms with E-state index in [1.165, 1.54) is 0 Å². The first-order valence-electron chi connectivity index (χ1n) is 7.46. The summed E-state index contributed by atoms with van der Waals surface area (Å²) < 4.78 is 0.